The van der Waals surface area contributed by atoms with Crippen molar-refractivity contribution >= 4 is 86.5 Å². The molecule has 2 aliphatic rings. The van der Waals surface area contributed by atoms with Gasteiger partial charge in [0.05, 0.1) is 61.1 Å². The summed E-state index contributed by atoms with van der Waals surface area (Å²) in [5.41, 5.74) is 2.53. The van der Waals surface area contributed by atoms with Crippen LogP contribution in [-0.4, -0.2) is 16.5 Å². The lowest BCUT2D eigenvalue weighted by atomic mass is 9.99. The zero-order valence-electron chi connectivity index (χ0n) is 13.2. The van der Waals surface area contributed by atoms with Gasteiger partial charge in [0, 0.05) is 8.95 Å². The number of benzene rings is 2. The van der Waals surface area contributed by atoms with E-state index in [1.807, 2.05) is 9.80 Å². The Balaban J connectivity index is 1.98. The molecule has 8 nitrogen and oxygen atoms in total. The predicted molar refractivity (Wildman–Crippen MR) is 114 cm³/mol. The van der Waals surface area contributed by atoms with Crippen molar-refractivity contribution in [1.82, 2.24) is 0 Å². The monoisotopic (exact) mass is 624 g/mol. The number of hydrogen-bond donors (Lipinski definition) is 0. The quantitative estimate of drug-likeness (QED) is 0.306. The molecule has 0 saturated carbocycles. The molecule has 0 spiro atoms. The van der Waals surface area contributed by atoms with Crippen molar-refractivity contribution in [2.45, 2.75) is 13.1 Å². The third-order valence-electron chi connectivity index (χ3n) is 4.59. The number of hydrogen-bond acceptors (Lipinski definition) is 6. The zero-order valence-corrected chi connectivity index (χ0v) is 19.6. The fourth-order valence-electron chi connectivity index (χ4n) is 3.66. The Bertz CT molecular complexity index is 964. The summed E-state index contributed by atoms with van der Waals surface area (Å²) in [4.78, 5) is 26.3. The van der Waals surface area contributed by atoms with Crippen molar-refractivity contribution in [3.8, 4) is 0 Å². The number of rotatable bonds is 2. The lowest BCUT2D eigenvalue weighted by Gasteiger charge is -2.45. The van der Waals surface area contributed by atoms with Crippen LogP contribution in [0, 0.1) is 20.2 Å². The van der Waals surface area contributed by atoms with Gasteiger partial charge in [0.1, 0.15) is 0 Å². The third-order valence-corrected chi connectivity index (χ3v) is 7.01. The second-order valence-electron chi connectivity index (χ2n) is 6.08. The highest BCUT2D eigenvalue weighted by atomic mass is 79.9. The van der Waals surface area contributed by atoms with Crippen LogP contribution in [-0.2, 0) is 13.1 Å². The van der Waals surface area contributed by atoms with E-state index in [4.69, 9.17) is 0 Å². The van der Waals surface area contributed by atoms with E-state index in [0.29, 0.717) is 47.1 Å². The molecular formula is C15H8Br4N4O4. The SMILES string of the molecule is O=[N+]([O-])c1c(Br)cc(Br)c2c1CN1CN2Cc2c1c(Br)cc(Br)c2[N+](=O)[O-]. The standard InChI is InChI=1S/C15H8Br4N4O4/c16-8-1-10(18)14(22(24)25)6-3-21-5-20(12(6)8)4-7-13(21)9(17)2-11(19)15(7)23(26)27/h1-2H,3-5H2. The van der Waals surface area contributed by atoms with Gasteiger partial charge in [-0.3, -0.25) is 20.2 Å². The first kappa shape index (κ1) is 19.1. The third kappa shape index (κ3) is 2.88. The minimum Gasteiger partial charge on any atom is -0.348 e. The van der Waals surface area contributed by atoms with Gasteiger partial charge in [0.15, 0.2) is 0 Å². The van der Waals surface area contributed by atoms with Gasteiger partial charge in [0.2, 0.25) is 0 Å². The van der Waals surface area contributed by atoms with E-state index in [1.165, 1.54) is 0 Å². The van der Waals surface area contributed by atoms with Crippen molar-refractivity contribution in [2.24, 2.45) is 0 Å². The Hall–Kier alpha value is -1.24. The summed E-state index contributed by atoms with van der Waals surface area (Å²) in [6.07, 6.45) is 0. The van der Waals surface area contributed by atoms with Crippen molar-refractivity contribution in [2.75, 3.05) is 16.5 Å². The summed E-state index contributed by atoms with van der Waals surface area (Å²) in [5, 5.41) is 23.3. The Kier molecular flexibility index (Phi) is 4.72. The van der Waals surface area contributed by atoms with E-state index in [0.717, 1.165) is 0 Å². The Morgan fingerprint density at radius 3 is 1.44 bits per heavy atom. The van der Waals surface area contributed by atoms with E-state index in [1.54, 1.807) is 12.1 Å². The second kappa shape index (κ2) is 6.68. The van der Waals surface area contributed by atoms with Crippen LogP contribution in [0.1, 0.15) is 11.1 Å². The first-order valence-corrected chi connectivity index (χ1v) is 10.7. The summed E-state index contributed by atoms with van der Waals surface area (Å²) in [7, 11) is 0. The van der Waals surface area contributed by atoms with Crippen LogP contribution in [0.3, 0.4) is 0 Å². The van der Waals surface area contributed by atoms with Crippen LogP contribution in [0.4, 0.5) is 22.7 Å². The first-order valence-electron chi connectivity index (χ1n) is 7.51. The van der Waals surface area contributed by atoms with Crippen LogP contribution in [0.15, 0.2) is 30.0 Å². The molecule has 2 aliphatic heterocycles. The Morgan fingerprint density at radius 2 is 1.11 bits per heavy atom. The predicted octanol–water partition coefficient (Wildman–Crippen LogP) is 5.85. The Morgan fingerprint density at radius 1 is 0.741 bits per heavy atom. The van der Waals surface area contributed by atoms with E-state index in [9.17, 15) is 20.2 Å². The topological polar surface area (TPSA) is 92.8 Å². The summed E-state index contributed by atoms with van der Waals surface area (Å²) >= 11 is 13.5. The number of nitrogens with zero attached hydrogens (tertiary/aromatic N) is 4. The molecule has 0 aromatic heterocycles. The highest BCUT2D eigenvalue weighted by Gasteiger charge is 2.40. The average molecular weight is 628 g/mol. The normalized spacial score (nSPS) is 14.7. The molecule has 12 heteroatoms. The van der Waals surface area contributed by atoms with Gasteiger partial charge >= 0.3 is 0 Å². The number of nitro benzene ring substituents is 2. The fourth-order valence-corrected chi connectivity index (χ4v) is 6.94. The van der Waals surface area contributed by atoms with Crippen molar-refractivity contribution in [1.29, 1.82) is 0 Å². The molecule has 0 unspecified atom stereocenters. The molecule has 0 radical (unpaired) electrons. The summed E-state index contributed by atoms with van der Waals surface area (Å²) in [6, 6.07) is 3.29. The zero-order chi connectivity index (χ0) is 19.6. The molecule has 0 fully saturated rings. The molecule has 0 N–H and O–H groups in total. The number of fused-ring (bicyclic) bond motifs is 6. The minimum absolute atomic E-state index is 0.00841. The van der Waals surface area contributed by atoms with Gasteiger partial charge in [-0.05, 0) is 75.9 Å². The van der Waals surface area contributed by atoms with Gasteiger partial charge in [0.25, 0.3) is 11.4 Å². The highest BCUT2D eigenvalue weighted by Crippen LogP contribution is 2.51. The van der Waals surface area contributed by atoms with Crippen LogP contribution < -0.4 is 9.80 Å². The summed E-state index contributed by atoms with van der Waals surface area (Å²) in [5.74, 6) is 0. The van der Waals surface area contributed by atoms with Gasteiger partial charge in [-0.2, -0.15) is 0 Å². The smallest absolute Gasteiger partial charge is 0.290 e. The van der Waals surface area contributed by atoms with Crippen LogP contribution in [0.2, 0.25) is 0 Å². The second-order valence-corrected chi connectivity index (χ2v) is 9.50. The van der Waals surface area contributed by atoms with E-state index in [2.05, 4.69) is 63.7 Å². The van der Waals surface area contributed by atoms with E-state index in [-0.39, 0.29) is 24.5 Å². The van der Waals surface area contributed by atoms with Gasteiger partial charge in [-0.25, -0.2) is 0 Å². The minimum atomic E-state index is -0.404. The van der Waals surface area contributed by atoms with Crippen LogP contribution in [0.25, 0.3) is 0 Å². The largest absolute Gasteiger partial charge is 0.348 e. The molecular weight excluding hydrogens is 620 g/mol. The molecule has 2 heterocycles. The van der Waals surface area contributed by atoms with Crippen LogP contribution >= 0.6 is 63.7 Å². The lowest BCUT2D eigenvalue weighted by molar-refractivity contribution is -0.386. The molecule has 140 valence electrons. The Labute approximate surface area is 186 Å². The van der Waals surface area contributed by atoms with E-state index >= 15 is 0 Å². The van der Waals surface area contributed by atoms with Crippen molar-refractivity contribution in [3.05, 3.63) is 61.4 Å². The molecule has 0 atom stereocenters. The maximum atomic E-state index is 11.6. The lowest BCUT2D eigenvalue weighted by Crippen LogP contribution is -2.47. The molecule has 2 bridgehead atoms. The number of nitro groups is 2. The molecule has 4 rings (SSSR count). The van der Waals surface area contributed by atoms with E-state index < -0.39 is 9.85 Å². The first-order chi connectivity index (χ1) is 12.7. The van der Waals surface area contributed by atoms with Gasteiger partial charge in [-0.15, -0.1) is 0 Å². The van der Waals surface area contributed by atoms with Crippen LogP contribution in [0.5, 0.6) is 0 Å². The maximum Gasteiger partial charge on any atom is 0.290 e. The molecule has 2 aromatic rings. The van der Waals surface area contributed by atoms with Crippen molar-refractivity contribution < 1.29 is 9.85 Å². The number of anilines is 2. The fraction of sp³-hybridized carbons (Fsp3) is 0.200. The average Bonchev–Trinajstić information content (AvgIpc) is 2.52. The highest BCUT2D eigenvalue weighted by molar-refractivity contribution is 9.11. The molecule has 0 amide bonds. The van der Waals surface area contributed by atoms with Crippen molar-refractivity contribution in [3.63, 3.8) is 0 Å². The summed E-state index contributed by atoms with van der Waals surface area (Å²) < 4.78 is 2.19. The maximum absolute atomic E-state index is 11.6. The van der Waals surface area contributed by atoms with Gasteiger partial charge < -0.3 is 9.80 Å². The molecule has 0 aliphatic carbocycles. The summed E-state index contributed by atoms with van der Waals surface area (Å²) in [6.45, 7) is 1.02. The molecule has 2 aromatic carbocycles. The molecule has 0 saturated heterocycles. The van der Waals surface area contributed by atoms with Gasteiger partial charge in [-0.1, -0.05) is 0 Å². The molecule has 27 heavy (non-hydrogen) atoms. The number of halogens is 4.